The van der Waals surface area contributed by atoms with E-state index in [-0.39, 0.29) is 0 Å². The van der Waals surface area contributed by atoms with Crippen LogP contribution in [0.3, 0.4) is 0 Å². The summed E-state index contributed by atoms with van der Waals surface area (Å²) in [5, 5.41) is 4.55. The predicted molar refractivity (Wildman–Crippen MR) is 110 cm³/mol. The van der Waals surface area contributed by atoms with Crippen molar-refractivity contribution in [2.75, 3.05) is 19.5 Å². The first-order chi connectivity index (χ1) is 14.2. The second-order valence-electron chi connectivity index (χ2n) is 6.14. The molecule has 0 atom stereocenters. The molecule has 0 saturated carbocycles. The second-order valence-corrected chi connectivity index (χ2v) is 6.54. The topological polar surface area (TPSA) is 78.6 Å². The van der Waals surface area contributed by atoms with Crippen molar-refractivity contribution < 1.29 is 18.6 Å². The molecule has 29 heavy (non-hydrogen) atoms. The Morgan fingerprint density at radius 2 is 1.83 bits per heavy atom. The van der Waals surface area contributed by atoms with Crippen LogP contribution in [0.15, 0.2) is 59.7 Å². The largest absolute Gasteiger partial charge is 0.493 e. The van der Waals surface area contributed by atoms with Crippen molar-refractivity contribution in [3.8, 4) is 17.2 Å². The second kappa shape index (κ2) is 8.28. The van der Waals surface area contributed by atoms with E-state index in [4.69, 9.17) is 30.2 Å². The Kier molecular flexibility index (Phi) is 5.39. The van der Waals surface area contributed by atoms with E-state index in [0.717, 1.165) is 22.2 Å². The zero-order chi connectivity index (χ0) is 20.2. The highest BCUT2D eigenvalue weighted by atomic mass is 35.5. The predicted octanol–water partition coefficient (Wildman–Crippen LogP) is 5.22. The van der Waals surface area contributed by atoms with E-state index < -0.39 is 0 Å². The number of benzene rings is 2. The van der Waals surface area contributed by atoms with Gasteiger partial charge in [0.2, 0.25) is 0 Å². The van der Waals surface area contributed by atoms with Crippen LogP contribution < -0.4 is 19.5 Å². The Balaban J connectivity index is 1.58. The molecule has 2 aromatic heterocycles. The molecule has 0 aliphatic heterocycles. The fourth-order valence-electron chi connectivity index (χ4n) is 2.85. The molecule has 2 aromatic carbocycles. The van der Waals surface area contributed by atoms with E-state index in [1.807, 2.05) is 18.2 Å². The lowest BCUT2D eigenvalue weighted by Gasteiger charge is -2.13. The summed E-state index contributed by atoms with van der Waals surface area (Å²) in [6.07, 6.45) is 4.72. The highest BCUT2D eigenvalue weighted by molar-refractivity contribution is 6.32. The minimum absolute atomic E-state index is 0.376. The van der Waals surface area contributed by atoms with Crippen LogP contribution in [0, 0.1) is 0 Å². The number of methoxy groups -OCH3 is 2. The number of hydrogen-bond donors (Lipinski definition) is 1. The smallest absolute Gasteiger partial charge is 0.162 e. The fraction of sp³-hybridized carbons (Fsp3) is 0.143. The molecule has 0 amide bonds. The molecule has 0 spiro atoms. The number of nitrogens with one attached hydrogen (secondary N) is 1. The molecule has 0 unspecified atom stereocenters. The summed E-state index contributed by atoms with van der Waals surface area (Å²) in [6, 6.07) is 10.9. The molecule has 8 heteroatoms. The van der Waals surface area contributed by atoms with E-state index in [1.165, 1.54) is 6.33 Å². The maximum absolute atomic E-state index is 6.38. The molecule has 0 saturated heterocycles. The van der Waals surface area contributed by atoms with Crippen LogP contribution in [0.1, 0.15) is 5.56 Å². The minimum atomic E-state index is 0.376. The van der Waals surface area contributed by atoms with Crippen molar-refractivity contribution in [1.29, 1.82) is 0 Å². The molecule has 0 fully saturated rings. The summed E-state index contributed by atoms with van der Waals surface area (Å²) < 4.78 is 21.5. The van der Waals surface area contributed by atoms with Gasteiger partial charge in [-0.3, -0.25) is 0 Å². The van der Waals surface area contributed by atoms with Crippen molar-refractivity contribution in [2.24, 2.45) is 0 Å². The van der Waals surface area contributed by atoms with Crippen LogP contribution in [0.4, 0.5) is 11.5 Å². The highest BCUT2D eigenvalue weighted by Crippen LogP contribution is 2.35. The van der Waals surface area contributed by atoms with Crippen LogP contribution in [-0.2, 0) is 6.61 Å². The van der Waals surface area contributed by atoms with Gasteiger partial charge in [0.1, 0.15) is 24.5 Å². The van der Waals surface area contributed by atoms with Gasteiger partial charge < -0.3 is 23.9 Å². The quantitative estimate of drug-likeness (QED) is 0.446. The van der Waals surface area contributed by atoms with Gasteiger partial charge in [0.05, 0.1) is 37.3 Å². The van der Waals surface area contributed by atoms with Crippen molar-refractivity contribution in [2.45, 2.75) is 6.61 Å². The average molecular weight is 412 g/mol. The number of anilines is 2. The fourth-order valence-corrected chi connectivity index (χ4v) is 3.09. The molecular weight excluding hydrogens is 394 g/mol. The molecule has 2 heterocycles. The number of rotatable bonds is 7. The van der Waals surface area contributed by atoms with E-state index in [0.29, 0.717) is 34.7 Å². The summed E-state index contributed by atoms with van der Waals surface area (Å²) in [4.78, 5) is 8.66. The van der Waals surface area contributed by atoms with Crippen molar-refractivity contribution >= 4 is 34.0 Å². The van der Waals surface area contributed by atoms with Crippen LogP contribution in [0.5, 0.6) is 17.2 Å². The molecule has 0 radical (unpaired) electrons. The van der Waals surface area contributed by atoms with Crippen molar-refractivity contribution in [1.82, 2.24) is 9.97 Å². The Morgan fingerprint density at radius 1 is 1.00 bits per heavy atom. The first-order valence-corrected chi connectivity index (χ1v) is 9.13. The number of hydrogen-bond acceptors (Lipinski definition) is 7. The Hall–Kier alpha value is -3.45. The number of nitrogens with zero attached hydrogens (tertiary/aromatic N) is 2. The van der Waals surface area contributed by atoms with Gasteiger partial charge in [-0.2, -0.15) is 0 Å². The zero-order valence-electron chi connectivity index (χ0n) is 15.8. The molecule has 4 rings (SSSR count). The maximum atomic E-state index is 6.38. The third-order valence-electron chi connectivity index (χ3n) is 4.31. The molecule has 4 aromatic rings. The number of aromatic nitrogens is 2. The van der Waals surface area contributed by atoms with Gasteiger partial charge in [-0.1, -0.05) is 11.6 Å². The number of ether oxygens (including phenoxy) is 3. The van der Waals surface area contributed by atoms with Gasteiger partial charge in [0, 0.05) is 22.7 Å². The molecule has 0 aliphatic rings. The van der Waals surface area contributed by atoms with E-state index in [2.05, 4.69) is 15.3 Å². The van der Waals surface area contributed by atoms with Gasteiger partial charge in [-0.25, -0.2) is 9.97 Å². The molecule has 0 bridgehead atoms. The van der Waals surface area contributed by atoms with Crippen LogP contribution in [0.25, 0.3) is 10.9 Å². The number of furan rings is 1. The summed E-state index contributed by atoms with van der Waals surface area (Å²) in [7, 11) is 3.17. The summed E-state index contributed by atoms with van der Waals surface area (Å²) >= 11 is 6.38. The van der Waals surface area contributed by atoms with Gasteiger partial charge in [-0.15, -0.1) is 0 Å². The van der Waals surface area contributed by atoms with E-state index >= 15 is 0 Å². The van der Waals surface area contributed by atoms with Crippen LogP contribution in [0.2, 0.25) is 5.02 Å². The Morgan fingerprint density at radius 3 is 2.55 bits per heavy atom. The van der Waals surface area contributed by atoms with Crippen molar-refractivity contribution in [3.05, 3.63) is 65.8 Å². The molecule has 148 valence electrons. The standard InChI is InChI=1S/C21H18ClN3O4/c1-26-19-8-15-17(9-20(19)27-2)23-12-24-21(15)25-14-3-4-18(16(22)7-14)29-11-13-5-6-28-10-13/h3-10,12H,11H2,1-2H3,(H,23,24,25). The molecule has 1 N–H and O–H groups in total. The third-order valence-corrected chi connectivity index (χ3v) is 4.61. The first-order valence-electron chi connectivity index (χ1n) is 8.75. The van der Waals surface area contributed by atoms with Gasteiger partial charge >= 0.3 is 0 Å². The maximum Gasteiger partial charge on any atom is 0.162 e. The zero-order valence-corrected chi connectivity index (χ0v) is 16.6. The lowest BCUT2D eigenvalue weighted by Crippen LogP contribution is -1.99. The lowest BCUT2D eigenvalue weighted by atomic mass is 10.2. The summed E-state index contributed by atoms with van der Waals surface area (Å²) in [5.41, 5.74) is 2.42. The van der Waals surface area contributed by atoms with Gasteiger partial charge in [-0.05, 0) is 30.3 Å². The molecular formula is C21H18ClN3O4. The van der Waals surface area contributed by atoms with E-state index in [9.17, 15) is 0 Å². The first kappa shape index (κ1) is 18.9. The minimum Gasteiger partial charge on any atom is -0.493 e. The van der Waals surface area contributed by atoms with Crippen molar-refractivity contribution in [3.63, 3.8) is 0 Å². The lowest BCUT2D eigenvalue weighted by molar-refractivity contribution is 0.305. The van der Waals surface area contributed by atoms with Gasteiger partial charge in [0.15, 0.2) is 11.5 Å². The normalized spacial score (nSPS) is 10.7. The van der Waals surface area contributed by atoms with Crippen LogP contribution >= 0.6 is 11.6 Å². The summed E-state index contributed by atoms with van der Waals surface area (Å²) in [5.74, 6) is 2.40. The summed E-state index contributed by atoms with van der Waals surface area (Å²) in [6.45, 7) is 0.376. The average Bonchev–Trinajstić information content (AvgIpc) is 3.26. The third kappa shape index (κ3) is 4.05. The van der Waals surface area contributed by atoms with Gasteiger partial charge in [0.25, 0.3) is 0 Å². The number of halogens is 1. The molecule has 7 nitrogen and oxygen atoms in total. The molecule has 0 aliphatic carbocycles. The number of fused-ring (bicyclic) bond motifs is 1. The Bertz CT molecular complexity index is 1130. The highest BCUT2D eigenvalue weighted by Gasteiger charge is 2.12. The Labute approximate surface area is 172 Å². The SMILES string of the molecule is COc1cc2ncnc(Nc3ccc(OCc4ccoc4)c(Cl)c3)c2cc1OC. The van der Waals surface area contributed by atoms with E-state index in [1.54, 1.807) is 44.9 Å². The van der Waals surface area contributed by atoms with Crippen LogP contribution in [-0.4, -0.2) is 24.2 Å². The monoisotopic (exact) mass is 411 g/mol.